The number of hydrogen-bond acceptors (Lipinski definition) is 6. The first-order valence-electron chi connectivity index (χ1n) is 8.70. The standard InChI is InChI=1S/C17H25N5O3/c1-4-22-14(6-9-18-22)15(23)21-10-5-7-17(12-21,8-11-24-3)16-19-13(2)25-20-16/h6,9H,4-5,7-8,10-12H2,1-3H3. The maximum absolute atomic E-state index is 13.0. The molecule has 136 valence electrons. The van der Waals surface area contributed by atoms with Crippen molar-refractivity contribution in [2.24, 2.45) is 0 Å². The number of aryl methyl sites for hydroxylation is 2. The third-order valence-electron chi connectivity index (χ3n) is 4.89. The Morgan fingerprint density at radius 1 is 1.48 bits per heavy atom. The van der Waals surface area contributed by atoms with E-state index in [1.807, 2.05) is 11.8 Å². The highest BCUT2D eigenvalue weighted by molar-refractivity contribution is 5.92. The molecule has 1 aliphatic heterocycles. The van der Waals surface area contributed by atoms with E-state index in [0.29, 0.717) is 37.1 Å². The minimum Gasteiger partial charge on any atom is -0.385 e. The summed E-state index contributed by atoms with van der Waals surface area (Å²) in [7, 11) is 1.68. The average molecular weight is 347 g/mol. The first kappa shape index (κ1) is 17.6. The van der Waals surface area contributed by atoms with Crippen LogP contribution < -0.4 is 0 Å². The largest absolute Gasteiger partial charge is 0.385 e. The molecule has 1 saturated heterocycles. The molecule has 0 aliphatic carbocycles. The van der Waals surface area contributed by atoms with Gasteiger partial charge < -0.3 is 14.2 Å². The van der Waals surface area contributed by atoms with E-state index >= 15 is 0 Å². The van der Waals surface area contributed by atoms with Crippen molar-refractivity contribution in [1.29, 1.82) is 0 Å². The molecule has 0 radical (unpaired) electrons. The van der Waals surface area contributed by atoms with E-state index < -0.39 is 0 Å². The van der Waals surface area contributed by atoms with Crippen LogP contribution in [-0.2, 0) is 16.7 Å². The van der Waals surface area contributed by atoms with E-state index in [0.717, 1.165) is 25.8 Å². The molecule has 0 spiro atoms. The van der Waals surface area contributed by atoms with Crippen LogP contribution in [0.4, 0.5) is 0 Å². The quantitative estimate of drug-likeness (QED) is 0.792. The molecule has 1 amide bonds. The molecule has 1 aliphatic rings. The molecule has 8 heteroatoms. The molecule has 1 atom stereocenters. The van der Waals surface area contributed by atoms with Gasteiger partial charge in [-0.3, -0.25) is 9.48 Å². The molecule has 3 heterocycles. The summed E-state index contributed by atoms with van der Waals surface area (Å²) in [6.07, 6.45) is 4.22. The van der Waals surface area contributed by atoms with E-state index in [2.05, 4.69) is 15.2 Å². The van der Waals surface area contributed by atoms with E-state index in [-0.39, 0.29) is 11.3 Å². The molecular formula is C17H25N5O3. The van der Waals surface area contributed by atoms with Gasteiger partial charge in [-0.25, -0.2) is 0 Å². The van der Waals surface area contributed by atoms with Crippen LogP contribution in [0.3, 0.4) is 0 Å². The van der Waals surface area contributed by atoms with Crippen LogP contribution in [0.5, 0.6) is 0 Å². The van der Waals surface area contributed by atoms with Crippen LogP contribution in [0.1, 0.15) is 48.4 Å². The second-order valence-corrected chi connectivity index (χ2v) is 6.52. The molecular weight excluding hydrogens is 322 g/mol. The first-order chi connectivity index (χ1) is 12.1. The zero-order valence-corrected chi connectivity index (χ0v) is 15.1. The summed E-state index contributed by atoms with van der Waals surface area (Å²) in [5.41, 5.74) is 0.285. The number of amides is 1. The summed E-state index contributed by atoms with van der Waals surface area (Å²) in [6, 6.07) is 1.77. The van der Waals surface area contributed by atoms with Gasteiger partial charge >= 0.3 is 0 Å². The number of piperidine rings is 1. The van der Waals surface area contributed by atoms with Crippen molar-refractivity contribution < 1.29 is 14.1 Å². The summed E-state index contributed by atoms with van der Waals surface area (Å²) in [5.74, 6) is 1.21. The Labute approximate surface area is 147 Å². The Kier molecular flexibility index (Phi) is 5.17. The van der Waals surface area contributed by atoms with Gasteiger partial charge in [0, 0.05) is 46.5 Å². The van der Waals surface area contributed by atoms with Crippen molar-refractivity contribution >= 4 is 5.91 Å². The zero-order valence-electron chi connectivity index (χ0n) is 15.1. The SMILES string of the molecule is CCn1nccc1C(=O)N1CCCC(CCOC)(c2noc(C)n2)C1. The predicted octanol–water partition coefficient (Wildman–Crippen LogP) is 1.80. The van der Waals surface area contributed by atoms with Crippen molar-refractivity contribution in [3.63, 3.8) is 0 Å². The van der Waals surface area contributed by atoms with Gasteiger partial charge in [0.2, 0.25) is 5.89 Å². The van der Waals surface area contributed by atoms with Gasteiger partial charge in [0.15, 0.2) is 5.82 Å². The molecule has 8 nitrogen and oxygen atoms in total. The normalized spacial score (nSPS) is 20.8. The number of hydrogen-bond donors (Lipinski definition) is 0. The highest BCUT2D eigenvalue weighted by Crippen LogP contribution is 2.36. The number of likely N-dealkylation sites (tertiary alicyclic amines) is 1. The molecule has 0 aromatic carbocycles. The second kappa shape index (κ2) is 7.35. The lowest BCUT2D eigenvalue weighted by Gasteiger charge is -2.40. The summed E-state index contributed by atoms with van der Waals surface area (Å²) < 4.78 is 12.2. The summed E-state index contributed by atoms with van der Waals surface area (Å²) >= 11 is 0. The number of nitrogens with zero attached hydrogens (tertiary/aromatic N) is 5. The Balaban J connectivity index is 1.87. The van der Waals surface area contributed by atoms with Crippen molar-refractivity contribution in [2.75, 3.05) is 26.8 Å². The Morgan fingerprint density at radius 3 is 3.00 bits per heavy atom. The Morgan fingerprint density at radius 2 is 2.32 bits per heavy atom. The van der Waals surface area contributed by atoms with Gasteiger partial charge in [0.1, 0.15) is 5.69 Å². The lowest BCUT2D eigenvalue weighted by Crippen LogP contribution is -2.50. The smallest absolute Gasteiger partial charge is 0.272 e. The van der Waals surface area contributed by atoms with Gasteiger partial charge in [-0.2, -0.15) is 10.1 Å². The highest BCUT2D eigenvalue weighted by Gasteiger charge is 2.42. The fourth-order valence-corrected chi connectivity index (χ4v) is 3.54. The van der Waals surface area contributed by atoms with Crippen LogP contribution in [-0.4, -0.2) is 57.5 Å². The van der Waals surface area contributed by atoms with Gasteiger partial charge in [0.05, 0.1) is 5.41 Å². The van der Waals surface area contributed by atoms with Crippen LogP contribution in [0.25, 0.3) is 0 Å². The van der Waals surface area contributed by atoms with E-state index in [9.17, 15) is 4.79 Å². The third-order valence-corrected chi connectivity index (χ3v) is 4.89. The zero-order chi connectivity index (χ0) is 17.9. The highest BCUT2D eigenvalue weighted by atomic mass is 16.5. The van der Waals surface area contributed by atoms with Gasteiger partial charge in [0.25, 0.3) is 5.91 Å². The number of carbonyl (C=O) groups is 1. The van der Waals surface area contributed by atoms with Gasteiger partial charge in [-0.1, -0.05) is 5.16 Å². The van der Waals surface area contributed by atoms with Crippen molar-refractivity contribution in [3.05, 3.63) is 29.7 Å². The van der Waals surface area contributed by atoms with Crippen LogP contribution in [0.15, 0.2) is 16.8 Å². The number of aromatic nitrogens is 4. The number of ether oxygens (including phenoxy) is 1. The Bertz CT molecular complexity index is 725. The molecule has 0 saturated carbocycles. The minimum absolute atomic E-state index is 0.000980. The molecule has 0 bridgehead atoms. The number of rotatable bonds is 6. The topological polar surface area (TPSA) is 86.3 Å². The van der Waals surface area contributed by atoms with Crippen molar-refractivity contribution in [1.82, 2.24) is 24.8 Å². The molecule has 25 heavy (non-hydrogen) atoms. The van der Waals surface area contributed by atoms with E-state index in [4.69, 9.17) is 9.26 Å². The first-order valence-corrected chi connectivity index (χ1v) is 8.70. The van der Waals surface area contributed by atoms with Crippen LogP contribution in [0.2, 0.25) is 0 Å². The molecule has 1 fully saturated rings. The third kappa shape index (κ3) is 3.44. The Hall–Kier alpha value is -2.22. The lowest BCUT2D eigenvalue weighted by atomic mass is 9.76. The molecule has 2 aromatic heterocycles. The molecule has 2 aromatic rings. The summed E-state index contributed by atoms with van der Waals surface area (Å²) in [6.45, 7) is 6.29. The molecule has 3 rings (SSSR count). The molecule has 0 N–H and O–H groups in total. The van der Waals surface area contributed by atoms with Gasteiger partial charge in [-0.05, 0) is 32.3 Å². The number of carbonyl (C=O) groups excluding carboxylic acids is 1. The maximum Gasteiger partial charge on any atom is 0.272 e. The minimum atomic E-state index is -0.335. The lowest BCUT2D eigenvalue weighted by molar-refractivity contribution is 0.0555. The summed E-state index contributed by atoms with van der Waals surface area (Å²) in [5, 5.41) is 8.37. The van der Waals surface area contributed by atoms with E-state index in [1.54, 1.807) is 31.0 Å². The van der Waals surface area contributed by atoms with E-state index in [1.165, 1.54) is 0 Å². The summed E-state index contributed by atoms with van der Waals surface area (Å²) in [4.78, 5) is 19.4. The second-order valence-electron chi connectivity index (χ2n) is 6.52. The maximum atomic E-state index is 13.0. The monoisotopic (exact) mass is 347 g/mol. The van der Waals surface area contributed by atoms with Gasteiger partial charge in [-0.15, -0.1) is 0 Å². The average Bonchev–Trinajstić information content (AvgIpc) is 3.28. The fourth-order valence-electron chi connectivity index (χ4n) is 3.54. The fraction of sp³-hybridized carbons (Fsp3) is 0.647. The van der Waals surface area contributed by atoms with Crippen LogP contribution in [0, 0.1) is 6.92 Å². The number of methoxy groups -OCH3 is 1. The molecule has 1 unspecified atom stereocenters. The van der Waals surface area contributed by atoms with Crippen molar-refractivity contribution in [2.45, 2.75) is 45.1 Å². The van der Waals surface area contributed by atoms with Crippen LogP contribution >= 0.6 is 0 Å². The predicted molar refractivity (Wildman–Crippen MR) is 90.2 cm³/mol. The van der Waals surface area contributed by atoms with Crippen molar-refractivity contribution in [3.8, 4) is 0 Å².